The number of hydrogen-bond acceptors (Lipinski definition) is 4. The summed E-state index contributed by atoms with van der Waals surface area (Å²) in [6, 6.07) is 7.31. The Morgan fingerprint density at radius 1 is 1.10 bits per heavy atom. The van der Waals surface area contributed by atoms with Crippen molar-refractivity contribution in [1.29, 1.82) is 0 Å². The van der Waals surface area contributed by atoms with Crippen molar-refractivity contribution in [2.24, 2.45) is 0 Å². The molecule has 1 aliphatic heterocycles. The number of carbonyl (C=O) groups excluding carboxylic acids is 3. The van der Waals surface area contributed by atoms with Crippen LogP contribution >= 0.6 is 23.2 Å². The number of barbiturate groups is 1. The first-order valence-corrected chi connectivity index (χ1v) is 9.70. The normalized spacial score (nSPS) is 15.4. The molecule has 0 radical (unpaired) electrons. The molecule has 0 atom stereocenters. The number of anilines is 1. The number of nitrogens with zero attached hydrogens (tertiary/aromatic N) is 1. The second-order valence-corrected chi connectivity index (χ2v) is 7.48. The van der Waals surface area contributed by atoms with Crippen LogP contribution in [0, 0.1) is 13.8 Å². The molecule has 2 aromatic rings. The van der Waals surface area contributed by atoms with E-state index in [1.165, 1.54) is 24.3 Å². The number of halogens is 2. The van der Waals surface area contributed by atoms with Gasteiger partial charge in [-0.1, -0.05) is 41.9 Å². The predicted octanol–water partition coefficient (Wildman–Crippen LogP) is 4.84. The molecule has 1 N–H and O–H groups in total. The van der Waals surface area contributed by atoms with Crippen molar-refractivity contribution in [3.05, 3.63) is 75.3 Å². The molecule has 4 amide bonds. The minimum absolute atomic E-state index is 0.158. The maximum atomic E-state index is 13.1. The second-order valence-electron chi connectivity index (χ2n) is 6.63. The zero-order valence-corrected chi connectivity index (χ0v) is 17.8. The van der Waals surface area contributed by atoms with Crippen LogP contribution in [0.25, 0.3) is 6.08 Å². The standard InChI is InChI=1S/C22H18Cl2N2O4/c1-4-7-30-19-14(9-15(23)11-18(19)24)10-17-20(27)25-22(29)26(21(17)28)16-6-5-12(2)13(3)8-16/h4-6,8-11H,1,7H2,2-3H3,(H,25,27,29)/b17-10+. The van der Waals surface area contributed by atoms with Gasteiger partial charge in [-0.3, -0.25) is 14.9 Å². The molecule has 3 rings (SSSR count). The van der Waals surface area contributed by atoms with Crippen LogP contribution in [0.1, 0.15) is 16.7 Å². The van der Waals surface area contributed by atoms with E-state index in [0.717, 1.165) is 16.0 Å². The Kier molecular flexibility index (Phi) is 6.29. The first kappa shape index (κ1) is 21.6. The number of benzene rings is 2. The van der Waals surface area contributed by atoms with Gasteiger partial charge in [0, 0.05) is 10.6 Å². The third-order valence-corrected chi connectivity index (χ3v) is 5.03. The summed E-state index contributed by atoms with van der Waals surface area (Å²) in [5.74, 6) is -1.35. The summed E-state index contributed by atoms with van der Waals surface area (Å²) in [5, 5.41) is 2.70. The van der Waals surface area contributed by atoms with E-state index >= 15 is 0 Å². The molecule has 2 aromatic carbocycles. The highest BCUT2D eigenvalue weighted by molar-refractivity contribution is 6.40. The van der Waals surface area contributed by atoms with Crippen LogP contribution in [0.15, 0.2) is 48.6 Å². The van der Waals surface area contributed by atoms with Gasteiger partial charge < -0.3 is 4.74 Å². The lowest BCUT2D eigenvalue weighted by Gasteiger charge is -2.27. The highest BCUT2D eigenvalue weighted by atomic mass is 35.5. The minimum atomic E-state index is -0.823. The van der Waals surface area contributed by atoms with Crippen molar-refractivity contribution >= 4 is 52.8 Å². The van der Waals surface area contributed by atoms with E-state index in [2.05, 4.69) is 11.9 Å². The molecule has 0 aromatic heterocycles. The molecule has 1 saturated heterocycles. The lowest BCUT2D eigenvalue weighted by molar-refractivity contribution is -0.122. The minimum Gasteiger partial charge on any atom is -0.487 e. The van der Waals surface area contributed by atoms with Crippen LogP contribution in [-0.2, 0) is 9.59 Å². The number of hydrogen-bond donors (Lipinski definition) is 1. The first-order chi connectivity index (χ1) is 14.2. The Labute approximate surface area is 183 Å². The van der Waals surface area contributed by atoms with E-state index in [1.54, 1.807) is 18.2 Å². The lowest BCUT2D eigenvalue weighted by atomic mass is 10.0. The Balaban J connectivity index is 2.09. The van der Waals surface area contributed by atoms with E-state index in [1.807, 2.05) is 13.8 Å². The molecule has 154 valence electrons. The smallest absolute Gasteiger partial charge is 0.335 e. The Hall–Kier alpha value is -3.09. The molecule has 1 aliphatic rings. The van der Waals surface area contributed by atoms with Gasteiger partial charge in [0.15, 0.2) is 0 Å². The van der Waals surface area contributed by atoms with E-state index in [-0.39, 0.29) is 23.0 Å². The number of imide groups is 2. The summed E-state index contributed by atoms with van der Waals surface area (Å²) >= 11 is 12.3. The fourth-order valence-corrected chi connectivity index (χ4v) is 3.46. The van der Waals surface area contributed by atoms with Gasteiger partial charge in [-0.25, -0.2) is 9.69 Å². The summed E-state index contributed by atoms with van der Waals surface area (Å²) in [6.07, 6.45) is 2.83. The van der Waals surface area contributed by atoms with Crippen molar-refractivity contribution in [2.45, 2.75) is 13.8 Å². The largest absolute Gasteiger partial charge is 0.487 e. The third kappa shape index (κ3) is 4.25. The van der Waals surface area contributed by atoms with Crippen molar-refractivity contribution in [1.82, 2.24) is 5.32 Å². The topological polar surface area (TPSA) is 75.7 Å². The van der Waals surface area contributed by atoms with E-state index < -0.39 is 17.8 Å². The fourth-order valence-electron chi connectivity index (χ4n) is 2.89. The lowest BCUT2D eigenvalue weighted by Crippen LogP contribution is -2.54. The van der Waals surface area contributed by atoms with Crippen LogP contribution in [0.3, 0.4) is 0 Å². The number of ether oxygens (including phenoxy) is 1. The maximum absolute atomic E-state index is 13.1. The highest BCUT2D eigenvalue weighted by Gasteiger charge is 2.37. The number of carbonyl (C=O) groups is 3. The number of urea groups is 1. The van der Waals surface area contributed by atoms with Crippen LogP contribution in [0.4, 0.5) is 10.5 Å². The van der Waals surface area contributed by atoms with Gasteiger partial charge in [-0.2, -0.15) is 0 Å². The number of rotatable bonds is 5. The molecule has 1 heterocycles. The van der Waals surface area contributed by atoms with Crippen molar-refractivity contribution in [2.75, 3.05) is 11.5 Å². The molecule has 1 fully saturated rings. The number of nitrogens with one attached hydrogen (secondary N) is 1. The summed E-state index contributed by atoms with van der Waals surface area (Å²) in [6.45, 7) is 7.52. The average Bonchev–Trinajstić information content (AvgIpc) is 2.67. The quantitative estimate of drug-likeness (QED) is 0.406. The van der Waals surface area contributed by atoms with Crippen LogP contribution in [0.2, 0.25) is 10.0 Å². The fraction of sp³-hybridized carbons (Fsp3) is 0.136. The molecule has 30 heavy (non-hydrogen) atoms. The van der Waals surface area contributed by atoms with Gasteiger partial charge in [0.2, 0.25) is 0 Å². The molecule has 0 saturated carbocycles. The van der Waals surface area contributed by atoms with Gasteiger partial charge >= 0.3 is 6.03 Å². The first-order valence-electron chi connectivity index (χ1n) is 8.94. The monoisotopic (exact) mass is 444 g/mol. The SMILES string of the molecule is C=CCOc1c(Cl)cc(Cl)cc1/C=C1\C(=O)NC(=O)N(c2ccc(C)c(C)c2)C1=O. The van der Waals surface area contributed by atoms with Crippen LogP contribution < -0.4 is 15.0 Å². The third-order valence-electron chi connectivity index (χ3n) is 4.53. The summed E-state index contributed by atoms with van der Waals surface area (Å²) in [4.78, 5) is 38.8. The summed E-state index contributed by atoms with van der Waals surface area (Å²) in [7, 11) is 0. The maximum Gasteiger partial charge on any atom is 0.335 e. The Morgan fingerprint density at radius 2 is 1.83 bits per heavy atom. The molecule has 8 heteroatoms. The zero-order chi connectivity index (χ0) is 22.0. The molecule has 0 unspecified atom stereocenters. The van der Waals surface area contributed by atoms with Gasteiger partial charge in [0.1, 0.15) is 17.9 Å². The number of amides is 4. The number of aryl methyl sites for hydroxylation is 2. The summed E-state index contributed by atoms with van der Waals surface area (Å²) < 4.78 is 5.57. The highest BCUT2D eigenvalue weighted by Crippen LogP contribution is 2.35. The molecule has 0 bridgehead atoms. The molecule has 6 nitrogen and oxygen atoms in total. The van der Waals surface area contributed by atoms with Gasteiger partial charge in [-0.15, -0.1) is 0 Å². The molecule has 0 aliphatic carbocycles. The van der Waals surface area contributed by atoms with E-state index in [0.29, 0.717) is 16.3 Å². The van der Waals surface area contributed by atoms with Gasteiger partial charge in [-0.05, 0) is 55.3 Å². The molecular formula is C22H18Cl2N2O4. The van der Waals surface area contributed by atoms with E-state index in [4.69, 9.17) is 27.9 Å². The molecule has 0 spiro atoms. The van der Waals surface area contributed by atoms with E-state index in [9.17, 15) is 14.4 Å². The summed E-state index contributed by atoms with van der Waals surface area (Å²) in [5.41, 5.74) is 2.33. The Morgan fingerprint density at radius 3 is 2.50 bits per heavy atom. The second kappa shape index (κ2) is 8.73. The van der Waals surface area contributed by atoms with Crippen LogP contribution in [0.5, 0.6) is 5.75 Å². The van der Waals surface area contributed by atoms with Crippen LogP contribution in [-0.4, -0.2) is 24.5 Å². The van der Waals surface area contributed by atoms with Crippen molar-refractivity contribution in [3.8, 4) is 5.75 Å². The average molecular weight is 445 g/mol. The van der Waals surface area contributed by atoms with Gasteiger partial charge in [0.25, 0.3) is 11.8 Å². The Bertz CT molecular complexity index is 1110. The zero-order valence-electron chi connectivity index (χ0n) is 16.3. The predicted molar refractivity (Wildman–Crippen MR) is 117 cm³/mol. The van der Waals surface area contributed by atoms with Crippen molar-refractivity contribution < 1.29 is 19.1 Å². The van der Waals surface area contributed by atoms with Gasteiger partial charge in [0.05, 0.1) is 10.7 Å². The molecular weight excluding hydrogens is 427 g/mol. The van der Waals surface area contributed by atoms with Crippen molar-refractivity contribution in [3.63, 3.8) is 0 Å².